The predicted octanol–water partition coefficient (Wildman–Crippen LogP) is 7.18. The van der Waals surface area contributed by atoms with Crippen LogP contribution in [0.25, 0.3) is 33.6 Å². The van der Waals surface area contributed by atoms with Crippen molar-refractivity contribution >= 4 is 22.9 Å². The molecule has 0 saturated carbocycles. The van der Waals surface area contributed by atoms with Gasteiger partial charge in [-0.3, -0.25) is 0 Å². The minimum atomic E-state index is 0.596. The lowest BCUT2D eigenvalue weighted by atomic mass is 9.92. The molecule has 190 valence electrons. The normalized spacial score (nSPS) is 13.3. The Hall–Kier alpha value is -4.65. The summed E-state index contributed by atoms with van der Waals surface area (Å²) in [6.07, 6.45) is 8.50. The molecular weight excluding hydrogens is 474 g/mol. The number of fused-ring (bicyclic) bond motifs is 1. The van der Waals surface area contributed by atoms with Crippen LogP contribution in [0, 0.1) is 0 Å². The average molecular weight is 504 g/mol. The van der Waals surface area contributed by atoms with Gasteiger partial charge in [0.25, 0.3) is 0 Å². The second kappa shape index (κ2) is 10.4. The van der Waals surface area contributed by atoms with E-state index in [1.165, 1.54) is 12.0 Å². The summed E-state index contributed by atoms with van der Waals surface area (Å²) in [5.74, 6) is 2.72. The third-order valence-corrected chi connectivity index (χ3v) is 6.86. The van der Waals surface area contributed by atoms with Gasteiger partial charge in [-0.1, -0.05) is 54.6 Å². The molecule has 0 radical (unpaired) electrons. The van der Waals surface area contributed by atoms with E-state index in [0.29, 0.717) is 17.5 Å². The second-order valence-corrected chi connectivity index (χ2v) is 9.21. The molecule has 2 aromatic carbocycles. The summed E-state index contributed by atoms with van der Waals surface area (Å²) in [5, 5.41) is 8.57. The van der Waals surface area contributed by atoms with Crippen LogP contribution in [0.4, 0.5) is 11.6 Å². The van der Waals surface area contributed by atoms with Gasteiger partial charge < -0.3 is 14.8 Å². The van der Waals surface area contributed by atoms with Crippen LogP contribution in [-0.4, -0.2) is 33.8 Å². The number of aromatic nitrogens is 4. The topological polar surface area (TPSA) is 73.6 Å². The number of hydrogen-bond donors (Lipinski definition) is 1. The summed E-state index contributed by atoms with van der Waals surface area (Å²) in [4.78, 5) is 9.71. The Morgan fingerprint density at radius 1 is 0.816 bits per heavy atom. The van der Waals surface area contributed by atoms with Crippen LogP contribution in [0.5, 0.6) is 11.6 Å². The van der Waals surface area contributed by atoms with Crippen molar-refractivity contribution in [3.63, 3.8) is 0 Å². The van der Waals surface area contributed by atoms with Crippen LogP contribution in [-0.2, 0) is 0 Å². The van der Waals surface area contributed by atoms with E-state index < -0.39 is 0 Å². The third kappa shape index (κ3) is 4.36. The van der Waals surface area contributed by atoms with Gasteiger partial charge in [-0.05, 0) is 61.1 Å². The molecule has 7 heteroatoms. The molecule has 1 N–H and O–H groups in total. The van der Waals surface area contributed by atoms with E-state index in [1.54, 1.807) is 20.4 Å². The SMILES string of the molecule is COc1ccc(-c2c(Nc3ccccn3)nc3c(C4=CCCCC4)c(-c4ccccc4)nn3c2OC)cc1. The van der Waals surface area contributed by atoms with Gasteiger partial charge in [-0.25, -0.2) is 9.97 Å². The molecule has 7 nitrogen and oxygen atoms in total. The van der Waals surface area contributed by atoms with E-state index in [0.717, 1.165) is 58.6 Å². The molecule has 0 spiro atoms. The molecule has 3 aromatic heterocycles. The Morgan fingerprint density at radius 2 is 1.63 bits per heavy atom. The van der Waals surface area contributed by atoms with Gasteiger partial charge in [0.2, 0.25) is 5.88 Å². The van der Waals surface area contributed by atoms with Gasteiger partial charge in [0, 0.05) is 11.8 Å². The minimum absolute atomic E-state index is 0.596. The molecule has 3 heterocycles. The van der Waals surface area contributed by atoms with Crippen molar-refractivity contribution in [3.05, 3.63) is 90.6 Å². The molecule has 0 fully saturated rings. The smallest absolute Gasteiger partial charge is 0.228 e. The molecular formula is C31H29N5O2. The second-order valence-electron chi connectivity index (χ2n) is 9.21. The van der Waals surface area contributed by atoms with Crippen LogP contribution < -0.4 is 14.8 Å². The zero-order valence-corrected chi connectivity index (χ0v) is 21.5. The number of benzene rings is 2. The molecule has 5 aromatic rings. The van der Waals surface area contributed by atoms with E-state index in [4.69, 9.17) is 19.6 Å². The molecule has 0 unspecified atom stereocenters. The molecule has 38 heavy (non-hydrogen) atoms. The first-order valence-electron chi connectivity index (χ1n) is 12.8. The maximum atomic E-state index is 6.09. The minimum Gasteiger partial charge on any atom is -0.497 e. The largest absolute Gasteiger partial charge is 0.497 e. The first kappa shape index (κ1) is 23.7. The van der Waals surface area contributed by atoms with Gasteiger partial charge in [0.15, 0.2) is 5.65 Å². The van der Waals surface area contributed by atoms with Crippen LogP contribution in [0.15, 0.2) is 85.1 Å². The number of allylic oxidation sites excluding steroid dienone is 2. The molecule has 1 aliphatic carbocycles. The summed E-state index contributed by atoms with van der Waals surface area (Å²) in [6.45, 7) is 0. The van der Waals surface area contributed by atoms with Gasteiger partial charge >= 0.3 is 0 Å². The summed E-state index contributed by atoms with van der Waals surface area (Å²) < 4.78 is 13.3. The molecule has 0 bridgehead atoms. The predicted molar refractivity (Wildman–Crippen MR) is 151 cm³/mol. The Labute approximate surface area is 221 Å². The first-order chi connectivity index (χ1) is 18.8. The summed E-state index contributed by atoms with van der Waals surface area (Å²) in [5.41, 5.74) is 6.75. The maximum absolute atomic E-state index is 6.09. The van der Waals surface area contributed by atoms with E-state index >= 15 is 0 Å². The lowest BCUT2D eigenvalue weighted by Gasteiger charge is -2.17. The van der Waals surface area contributed by atoms with Crippen LogP contribution in [0.2, 0.25) is 0 Å². The number of pyridine rings is 1. The molecule has 0 aliphatic heterocycles. The fourth-order valence-corrected chi connectivity index (χ4v) is 5.04. The van der Waals surface area contributed by atoms with Crippen LogP contribution >= 0.6 is 0 Å². The van der Waals surface area contributed by atoms with Crippen molar-refractivity contribution in [2.24, 2.45) is 0 Å². The zero-order valence-electron chi connectivity index (χ0n) is 21.5. The lowest BCUT2D eigenvalue weighted by molar-refractivity contribution is 0.387. The number of rotatable bonds is 7. The highest BCUT2D eigenvalue weighted by molar-refractivity contribution is 5.91. The number of hydrogen-bond acceptors (Lipinski definition) is 6. The number of nitrogens with one attached hydrogen (secondary N) is 1. The first-order valence-corrected chi connectivity index (χ1v) is 12.8. The van der Waals surface area contributed by atoms with Gasteiger partial charge in [-0.15, -0.1) is 0 Å². The van der Waals surface area contributed by atoms with Gasteiger partial charge in [-0.2, -0.15) is 9.61 Å². The number of nitrogens with zero attached hydrogens (tertiary/aromatic N) is 4. The Morgan fingerprint density at radius 3 is 2.32 bits per heavy atom. The van der Waals surface area contributed by atoms with Gasteiger partial charge in [0.05, 0.1) is 25.3 Å². The molecule has 0 atom stereocenters. The van der Waals surface area contributed by atoms with Crippen molar-refractivity contribution in [2.75, 3.05) is 19.5 Å². The van der Waals surface area contributed by atoms with Crippen molar-refractivity contribution in [1.82, 2.24) is 19.6 Å². The van der Waals surface area contributed by atoms with E-state index in [-0.39, 0.29) is 0 Å². The molecule has 1 aliphatic rings. The highest BCUT2D eigenvalue weighted by Gasteiger charge is 2.26. The van der Waals surface area contributed by atoms with Crippen molar-refractivity contribution in [2.45, 2.75) is 25.7 Å². The van der Waals surface area contributed by atoms with Crippen LogP contribution in [0.1, 0.15) is 31.2 Å². The summed E-state index contributed by atoms with van der Waals surface area (Å²) in [7, 11) is 3.34. The highest BCUT2D eigenvalue weighted by atomic mass is 16.5. The fourth-order valence-electron chi connectivity index (χ4n) is 5.04. The number of ether oxygens (including phenoxy) is 2. The molecule has 0 amide bonds. The summed E-state index contributed by atoms with van der Waals surface area (Å²) >= 11 is 0. The maximum Gasteiger partial charge on any atom is 0.228 e. The quantitative estimate of drug-likeness (QED) is 0.254. The fraction of sp³-hybridized carbons (Fsp3) is 0.194. The monoisotopic (exact) mass is 503 g/mol. The Kier molecular flexibility index (Phi) is 6.48. The molecule has 6 rings (SSSR count). The number of methoxy groups -OCH3 is 2. The van der Waals surface area contributed by atoms with E-state index in [9.17, 15) is 0 Å². The standard InChI is InChI=1S/C31H29N5O2/c1-37-24-18-16-22(17-19-24)27-29(33-25-15-9-10-20-32-25)34-30-26(21-11-5-3-6-12-21)28(23-13-7-4-8-14-23)35-36(30)31(27)38-2/h4,7-11,13-20H,3,5-6,12H2,1-2H3,(H,32,33,34). The van der Waals surface area contributed by atoms with Crippen molar-refractivity contribution in [3.8, 4) is 34.0 Å². The van der Waals surface area contributed by atoms with Crippen molar-refractivity contribution < 1.29 is 9.47 Å². The lowest BCUT2D eigenvalue weighted by Crippen LogP contribution is -2.07. The van der Waals surface area contributed by atoms with E-state index in [2.05, 4.69) is 28.5 Å². The molecule has 0 saturated heterocycles. The van der Waals surface area contributed by atoms with Crippen LogP contribution in [0.3, 0.4) is 0 Å². The summed E-state index contributed by atoms with van der Waals surface area (Å²) in [6, 6.07) is 23.9. The Balaban J connectivity index is 1.66. The zero-order chi connectivity index (χ0) is 25.9. The number of anilines is 2. The van der Waals surface area contributed by atoms with Crippen molar-refractivity contribution in [1.29, 1.82) is 0 Å². The highest BCUT2D eigenvalue weighted by Crippen LogP contribution is 2.43. The Bertz CT molecular complexity index is 1590. The van der Waals surface area contributed by atoms with E-state index in [1.807, 2.05) is 65.2 Å². The average Bonchev–Trinajstić information content (AvgIpc) is 3.37. The third-order valence-electron chi connectivity index (χ3n) is 6.86. The van der Waals surface area contributed by atoms with Gasteiger partial charge in [0.1, 0.15) is 23.1 Å².